The van der Waals surface area contributed by atoms with Gasteiger partial charge in [-0.3, -0.25) is 4.79 Å². The summed E-state index contributed by atoms with van der Waals surface area (Å²) in [5, 5.41) is 0. The maximum atomic E-state index is 11.6. The van der Waals surface area contributed by atoms with Gasteiger partial charge in [0.15, 0.2) is 0 Å². The van der Waals surface area contributed by atoms with Crippen molar-refractivity contribution in [3.63, 3.8) is 0 Å². The molecule has 0 aromatic heterocycles. The van der Waals surface area contributed by atoms with Crippen LogP contribution in [0.2, 0.25) is 0 Å². The monoisotopic (exact) mass is 242 g/mol. The summed E-state index contributed by atoms with van der Waals surface area (Å²) in [4.78, 5) is 22.6. The summed E-state index contributed by atoms with van der Waals surface area (Å²) in [5.41, 5.74) is -0.0805. The molecule has 4 nitrogen and oxygen atoms in total. The fourth-order valence-electron chi connectivity index (χ4n) is 0.852. The van der Waals surface area contributed by atoms with Gasteiger partial charge in [-0.15, -0.1) is 0 Å². The lowest BCUT2D eigenvalue weighted by Gasteiger charge is -2.20. The number of hydrogen-bond acceptors (Lipinski definition) is 4. The molecule has 0 aromatic carbocycles. The van der Waals surface area contributed by atoms with E-state index in [1.165, 1.54) is 0 Å². The average molecular weight is 242 g/mol. The predicted octanol–water partition coefficient (Wildman–Crippen LogP) is 2.48. The predicted molar refractivity (Wildman–Crippen MR) is 65.4 cm³/mol. The molecule has 0 aliphatic heterocycles. The van der Waals surface area contributed by atoms with Crippen molar-refractivity contribution in [3.8, 4) is 0 Å². The molecule has 0 aromatic rings. The minimum atomic E-state index is -0.450. The minimum Gasteiger partial charge on any atom is -0.465 e. The van der Waals surface area contributed by atoms with Crippen molar-refractivity contribution in [1.82, 2.24) is 0 Å². The highest BCUT2D eigenvalue weighted by Gasteiger charge is 2.26. The Morgan fingerprint density at radius 3 is 2.18 bits per heavy atom. The van der Waals surface area contributed by atoms with Crippen LogP contribution in [0.3, 0.4) is 0 Å². The lowest BCUT2D eigenvalue weighted by atomic mass is 9.91. The molecule has 0 radical (unpaired) electrons. The summed E-state index contributed by atoms with van der Waals surface area (Å²) in [7, 11) is 0. The van der Waals surface area contributed by atoms with Crippen LogP contribution in [0.15, 0.2) is 12.2 Å². The second kappa shape index (κ2) is 7.09. The zero-order valence-electron chi connectivity index (χ0n) is 11.2. The summed E-state index contributed by atoms with van der Waals surface area (Å²) in [6, 6.07) is 0. The van der Waals surface area contributed by atoms with Gasteiger partial charge in [0.05, 0.1) is 18.6 Å². The molecule has 0 aliphatic rings. The third kappa shape index (κ3) is 6.09. The first-order valence-electron chi connectivity index (χ1n) is 5.81. The van der Waals surface area contributed by atoms with E-state index in [1.807, 2.05) is 20.8 Å². The standard InChI is InChI=1S/C13H22O4/c1-6-13(4,5)12(15)17-9-7-8-16-11(14)10(2)3/h2,6-9H2,1,3-5H3. The number of hydrogen-bond donors (Lipinski definition) is 0. The SMILES string of the molecule is C=C(C)C(=O)OCCCOC(=O)C(C)(C)CC. The lowest BCUT2D eigenvalue weighted by Crippen LogP contribution is -2.26. The van der Waals surface area contributed by atoms with Crippen LogP contribution in [0, 0.1) is 5.41 Å². The zero-order valence-corrected chi connectivity index (χ0v) is 11.2. The third-order valence-corrected chi connectivity index (χ3v) is 2.54. The zero-order chi connectivity index (χ0) is 13.5. The van der Waals surface area contributed by atoms with Crippen LogP contribution in [0.25, 0.3) is 0 Å². The topological polar surface area (TPSA) is 52.6 Å². The third-order valence-electron chi connectivity index (χ3n) is 2.54. The number of carbonyl (C=O) groups excluding carboxylic acids is 2. The molecular weight excluding hydrogens is 220 g/mol. The smallest absolute Gasteiger partial charge is 0.333 e. The summed E-state index contributed by atoms with van der Waals surface area (Å²) in [6.45, 7) is 11.2. The average Bonchev–Trinajstić information content (AvgIpc) is 2.27. The van der Waals surface area contributed by atoms with E-state index in [2.05, 4.69) is 6.58 Å². The first kappa shape index (κ1) is 15.7. The first-order chi connectivity index (χ1) is 7.81. The van der Waals surface area contributed by atoms with Gasteiger partial charge in [0.25, 0.3) is 0 Å². The molecule has 0 amide bonds. The van der Waals surface area contributed by atoms with Gasteiger partial charge in [0.1, 0.15) is 0 Å². The lowest BCUT2D eigenvalue weighted by molar-refractivity contribution is -0.154. The van der Waals surface area contributed by atoms with Crippen LogP contribution < -0.4 is 0 Å². The Morgan fingerprint density at radius 2 is 1.71 bits per heavy atom. The van der Waals surface area contributed by atoms with Crippen LogP contribution in [-0.2, 0) is 19.1 Å². The highest BCUT2D eigenvalue weighted by molar-refractivity contribution is 5.86. The summed E-state index contributed by atoms with van der Waals surface area (Å²) < 4.78 is 9.95. The van der Waals surface area contributed by atoms with E-state index in [0.717, 1.165) is 6.42 Å². The van der Waals surface area contributed by atoms with E-state index in [1.54, 1.807) is 6.92 Å². The van der Waals surface area contributed by atoms with Crippen molar-refractivity contribution < 1.29 is 19.1 Å². The maximum absolute atomic E-state index is 11.6. The van der Waals surface area contributed by atoms with Gasteiger partial charge in [-0.1, -0.05) is 13.5 Å². The van der Waals surface area contributed by atoms with Crippen LogP contribution >= 0.6 is 0 Å². The fraction of sp³-hybridized carbons (Fsp3) is 0.692. The van der Waals surface area contributed by atoms with Gasteiger partial charge in [0.2, 0.25) is 0 Å². The Morgan fingerprint density at radius 1 is 1.18 bits per heavy atom. The summed E-state index contributed by atoms with van der Waals surface area (Å²) in [6.07, 6.45) is 1.24. The van der Waals surface area contributed by atoms with Crippen molar-refractivity contribution in [3.05, 3.63) is 12.2 Å². The first-order valence-corrected chi connectivity index (χ1v) is 5.81. The van der Waals surface area contributed by atoms with Crippen LogP contribution in [-0.4, -0.2) is 25.2 Å². The van der Waals surface area contributed by atoms with E-state index in [9.17, 15) is 9.59 Å². The Labute approximate surface area is 103 Å². The molecule has 0 rings (SSSR count). The van der Waals surface area contributed by atoms with Crippen molar-refractivity contribution in [2.75, 3.05) is 13.2 Å². The Hall–Kier alpha value is -1.32. The van der Waals surface area contributed by atoms with Gasteiger partial charge in [-0.25, -0.2) is 4.79 Å². The molecule has 0 bridgehead atoms. The number of rotatable bonds is 7. The Kier molecular flexibility index (Phi) is 6.54. The molecule has 17 heavy (non-hydrogen) atoms. The second-order valence-corrected chi connectivity index (χ2v) is 4.64. The molecule has 0 atom stereocenters. The van der Waals surface area contributed by atoms with Gasteiger partial charge in [0, 0.05) is 12.0 Å². The molecule has 0 saturated heterocycles. The highest BCUT2D eigenvalue weighted by Crippen LogP contribution is 2.21. The Balaban J connectivity index is 3.69. The van der Waals surface area contributed by atoms with E-state index in [0.29, 0.717) is 12.0 Å². The van der Waals surface area contributed by atoms with Crippen LogP contribution in [0.1, 0.15) is 40.5 Å². The van der Waals surface area contributed by atoms with E-state index < -0.39 is 11.4 Å². The molecule has 0 saturated carbocycles. The molecule has 0 spiro atoms. The molecule has 0 unspecified atom stereocenters. The van der Waals surface area contributed by atoms with E-state index in [-0.39, 0.29) is 19.2 Å². The molecule has 0 heterocycles. The number of esters is 2. The van der Waals surface area contributed by atoms with E-state index in [4.69, 9.17) is 9.47 Å². The van der Waals surface area contributed by atoms with E-state index >= 15 is 0 Å². The quantitative estimate of drug-likeness (QED) is 0.391. The molecule has 4 heteroatoms. The van der Waals surface area contributed by atoms with Crippen molar-refractivity contribution >= 4 is 11.9 Å². The van der Waals surface area contributed by atoms with Crippen molar-refractivity contribution in [2.24, 2.45) is 5.41 Å². The second-order valence-electron chi connectivity index (χ2n) is 4.64. The fourth-order valence-corrected chi connectivity index (χ4v) is 0.852. The molecule has 98 valence electrons. The number of ether oxygens (including phenoxy) is 2. The number of carbonyl (C=O) groups is 2. The Bertz CT molecular complexity index is 292. The van der Waals surface area contributed by atoms with Gasteiger partial charge < -0.3 is 9.47 Å². The molecular formula is C13H22O4. The van der Waals surface area contributed by atoms with Gasteiger partial charge in [-0.2, -0.15) is 0 Å². The molecule has 0 N–H and O–H groups in total. The largest absolute Gasteiger partial charge is 0.465 e. The van der Waals surface area contributed by atoms with Crippen molar-refractivity contribution in [1.29, 1.82) is 0 Å². The van der Waals surface area contributed by atoms with Crippen LogP contribution in [0.4, 0.5) is 0 Å². The van der Waals surface area contributed by atoms with Gasteiger partial charge in [-0.05, 0) is 27.2 Å². The van der Waals surface area contributed by atoms with Gasteiger partial charge >= 0.3 is 11.9 Å². The summed E-state index contributed by atoms with van der Waals surface area (Å²) >= 11 is 0. The highest BCUT2D eigenvalue weighted by atomic mass is 16.5. The maximum Gasteiger partial charge on any atom is 0.333 e. The minimum absolute atomic E-state index is 0.216. The van der Waals surface area contributed by atoms with Crippen molar-refractivity contribution in [2.45, 2.75) is 40.5 Å². The summed E-state index contributed by atoms with van der Waals surface area (Å²) in [5.74, 6) is -0.628. The normalized spacial score (nSPS) is 10.8. The molecule has 0 fully saturated rings. The van der Waals surface area contributed by atoms with Crippen LogP contribution in [0.5, 0.6) is 0 Å². The molecule has 0 aliphatic carbocycles.